The third-order valence-electron chi connectivity index (χ3n) is 3.02. The van der Waals surface area contributed by atoms with Crippen LogP contribution in [0.3, 0.4) is 0 Å². The lowest BCUT2D eigenvalue weighted by molar-refractivity contribution is 0.397. The second-order valence-electron chi connectivity index (χ2n) is 5.36. The maximum Gasteiger partial charge on any atom is 0.213 e. The van der Waals surface area contributed by atoms with Crippen molar-refractivity contribution in [2.45, 2.75) is 40.2 Å². The summed E-state index contributed by atoms with van der Waals surface area (Å²) >= 11 is 0. The third-order valence-corrected chi connectivity index (χ3v) is 3.02. The van der Waals surface area contributed by atoms with Crippen molar-refractivity contribution in [3.63, 3.8) is 0 Å². The Kier molecular flexibility index (Phi) is 11.9. The van der Waals surface area contributed by atoms with Crippen LogP contribution in [-0.4, -0.2) is 31.1 Å². The Morgan fingerprint density at radius 2 is 2.14 bits per heavy atom. The van der Waals surface area contributed by atoms with E-state index in [1.54, 1.807) is 13.3 Å². The predicted molar refractivity (Wildman–Crippen MR) is 103 cm³/mol. The minimum atomic E-state index is 0. The molecule has 0 aliphatic heterocycles. The fourth-order valence-electron chi connectivity index (χ4n) is 1.89. The molecule has 5 nitrogen and oxygen atoms in total. The van der Waals surface area contributed by atoms with Crippen molar-refractivity contribution in [1.29, 1.82) is 0 Å². The lowest BCUT2D eigenvalue weighted by atomic mass is 10.1. The first kappa shape index (κ1) is 20.9. The number of ether oxygens (including phenoxy) is 1. The van der Waals surface area contributed by atoms with Gasteiger partial charge in [0.2, 0.25) is 5.88 Å². The summed E-state index contributed by atoms with van der Waals surface area (Å²) in [5.41, 5.74) is 1.08. The minimum Gasteiger partial charge on any atom is -0.481 e. The van der Waals surface area contributed by atoms with E-state index >= 15 is 0 Å². The van der Waals surface area contributed by atoms with Gasteiger partial charge in [-0.15, -0.1) is 24.0 Å². The largest absolute Gasteiger partial charge is 0.481 e. The molecule has 1 rings (SSSR count). The molecule has 0 aliphatic rings. The highest BCUT2D eigenvalue weighted by atomic mass is 127. The van der Waals surface area contributed by atoms with Crippen LogP contribution in [-0.2, 0) is 6.54 Å². The zero-order valence-electron chi connectivity index (χ0n) is 14.1. The highest BCUT2D eigenvalue weighted by molar-refractivity contribution is 14.0. The lowest BCUT2D eigenvalue weighted by Crippen LogP contribution is -2.37. The van der Waals surface area contributed by atoms with Crippen LogP contribution in [0.2, 0.25) is 0 Å². The van der Waals surface area contributed by atoms with Crippen LogP contribution in [0, 0.1) is 5.92 Å². The fourth-order valence-corrected chi connectivity index (χ4v) is 1.89. The number of aromatic nitrogens is 1. The first-order valence-electron chi connectivity index (χ1n) is 7.66. The SMILES string of the molecule is CCNC(=NCc1ccnc(OC)c1)NCCCC(C)C.I. The molecule has 0 aliphatic carbocycles. The molecular weight excluding hydrogens is 391 g/mol. The summed E-state index contributed by atoms with van der Waals surface area (Å²) < 4.78 is 5.12. The maximum absolute atomic E-state index is 5.12. The molecule has 1 aromatic heterocycles. The molecule has 0 amide bonds. The minimum absolute atomic E-state index is 0. The van der Waals surface area contributed by atoms with E-state index in [4.69, 9.17) is 4.74 Å². The summed E-state index contributed by atoms with van der Waals surface area (Å²) in [6.07, 6.45) is 4.13. The topological polar surface area (TPSA) is 58.5 Å². The standard InChI is InChI=1S/C16H28N4O.HI/c1-5-17-16(19-9-6-7-13(2)3)20-12-14-8-10-18-15(11-14)21-4;/h8,10-11,13H,5-7,9,12H2,1-4H3,(H2,17,19,20);1H. The Bertz CT molecular complexity index is 438. The Labute approximate surface area is 151 Å². The molecule has 0 radical (unpaired) electrons. The number of guanidine groups is 1. The summed E-state index contributed by atoms with van der Waals surface area (Å²) in [4.78, 5) is 8.68. The molecule has 0 unspecified atom stereocenters. The molecule has 1 heterocycles. The van der Waals surface area contributed by atoms with Gasteiger partial charge in [-0.3, -0.25) is 0 Å². The van der Waals surface area contributed by atoms with Crippen LogP contribution in [0.5, 0.6) is 5.88 Å². The van der Waals surface area contributed by atoms with Crippen molar-refractivity contribution in [3.05, 3.63) is 23.9 Å². The second-order valence-corrected chi connectivity index (χ2v) is 5.36. The average Bonchev–Trinajstić information content (AvgIpc) is 2.49. The van der Waals surface area contributed by atoms with Crippen LogP contribution < -0.4 is 15.4 Å². The van der Waals surface area contributed by atoms with Gasteiger partial charge in [-0.1, -0.05) is 13.8 Å². The Morgan fingerprint density at radius 3 is 2.77 bits per heavy atom. The number of nitrogens with zero attached hydrogens (tertiary/aromatic N) is 2. The summed E-state index contributed by atoms with van der Waals surface area (Å²) in [5, 5.41) is 6.63. The zero-order valence-corrected chi connectivity index (χ0v) is 16.4. The van der Waals surface area contributed by atoms with Gasteiger partial charge in [0.05, 0.1) is 13.7 Å². The third kappa shape index (κ3) is 9.07. The van der Waals surface area contributed by atoms with Gasteiger partial charge in [-0.05, 0) is 37.3 Å². The number of hydrogen-bond acceptors (Lipinski definition) is 3. The van der Waals surface area contributed by atoms with Crippen LogP contribution in [0.4, 0.5) is 0 Å². The molecule has 22 heavy (non-hydrogen) atoms. The number of methoxy groups -OCH3 is 1. The van der Waals surface area contributed by atoms with Gasteiger partial charge in [-0.2, -0.15) is 0 Å². The van der Waals surface area contributed by atoms with Crippen molar-refractivity contribution >= 4 is 29.9 Å². The molecule has 0 atom stereocenters. The van der Waals surface area contributed by atoms with Crippen molar-refractivity contribution in [1.82, 2.24) is 15.6 Å². The molecule has 1 aromatic rings. The van der Waals surface area contributed by atoms with E-state index in [9.17, 15) is 0 Å². The predicted octanol–water partition coefficient (Wildman–Crippen LogP) is 3.20. The van der Waals surface area contributed by atoms with Crippen LogP contribution >= 0.6 is 24.0 Å². The molecule has 0 aromatic carbocycles. The Morgan fingerprint density at radius 1 is 1.36 bits per heavy atom. The summed E-state index contributed by atoms with van der Waals surface area (Å²) in [7, 11) is 1.62. The molecule has 2 N–H and O–H groups in total. The van der Waals surface area contributed by atoms with Crippen molar-refractivity contribution < 1.29 is 4.74 Å². The number of aliphatic imine (C=N–C) groups is 1. The molecule has 6 heteroatoms. The lowest BCUT2D eigenvalue weighted by Gasteiger charge is -2.12. The number of pyridine rings is 1. The van der Waals surface area contributed by atoms with E-state index in [1.807, 2.05) is 12.1 Å². The normalized spacial score (nSPS) is 11.0. The van der Waals surface area contributed by atoms with E-state index in [-0.39, 0.29) is 24.0 Å². The number of rotatable bonds is 8. The quantitative estimate of drug-likeness (QED) is 0.294. The molecule has 0 fully saturated rings. The molecule has 126 valence electrons. The first-order chi connectivity index (χ1) is 10.2. The van der Waals surface area contributed by atoms with Gasteiger partial charge in [0.15, 0.2) is 5.96 Å². The van der Waals surface area contributed by atoms with Crippen LogP contribution in [0.15, 0.2) is 23.3 Å². The number of nitrogens with one attached hydrogen (secondary N) is 2. The van der Waals surface area contributed by atoms with E-state index in [2.05, 4.69) is 41.4 Å². The van der Waals surface area contributed by atoms with Gasteiger partial charge in [-0.25, -0.2) is 9.98 Å². The van der Waals surface area contributed by atoms with Gasteiger partial charge in [0, 0.05) is 25.4 Å². The molecule has 0 bridgehead atoms. The van der Waals surface area contributed by atoms with E-state index in [0.717, 1.165) is 37.0 Å². The molecule has 0 saturated heterocycles. The zero-order chi connectivity index (χ0) is 15.5. The summed E-state index contributed by atoms with van der Waals surface area (Å²) in [6, 6.07) is 3.86. The Hall–Kier alpha value is -1.05. The van der Waals surface area contributed by atoms with E-state index < -0.39 is 0 Å². The van der Waals surface area contributed by atoms with Crippen molar-refractivity contribution in [3.8, 4) is 5.88 Å². The molecule has 0 spiro atoms. The average molecular weight is 420 g/mol. The summed E-state index contributed by atoms with van der Waals surface area (Å²) in [6.45, 7) is 8.98. The maximum atomic E-state index is 5.12. The first-order valence-corrected chi connectivity index (χ1v) is 7.66. The molecule has 0 saturated carbocycles. The van der Waals surface area contributed by atoms with Crippen LogP contribution in [0.25, 0.3) is 0 Å². The monoisotopic (exact) mass is 420 g/mol. The molecular formula is C16H29IN4O. The van der Waals surface area contributed by atoms with Crippen molar-refractivity contribution in [2.75, 3.05) is 20.2 Å². The van der Waals surface area contributed by atoms with E-state index in [1.165, 1.54) is 6.42 Å². The van der Waals surface area contributed by atoms with Gasteiger partial charge in [0.25, 0.3) is 0 Å². The number of halogens is 1. The smallest absolute Gasteiger partial charge is 0.213 e. The highest BCUT2D eigenvalue weighted by Gasteiger charge is 2.00. The van der Waals surface area contributed by atoms with Gasteiger partial charge in [0.1, 0.15) is 0 Å². The van der Waals surface area contributed by atoms with E-state index in [0.29, 0.717) is 12.4 Å². The second kappa shape index (κ2) is 12.5. The van der Waals surface area contributed by atoms with Gasteiger partial charge >= 0.3 is 0 Å². The summed E-state index contributed by atoms with van der Waals surface area (Å²) in [5.74, 6) is 2.23. The van der Waals surface area contributed by atoms with Crippen LogP contribution in [0.1, 0.15) is 39.2 Å². The van der Waals surface area contributed by atoms with Crippen molar-refractivity contribution in [2.24, 2.45) is 10.9 Å². The highest BCUT2D eigenvalue weighted by Crippen LogP contribution is 2.09. The van der Waals surface area contributed by atoms with Gasteiger partial charge < -0.3 is 15.4 Å². The Balaban J connectivity index is 0.00000441. The fraction of sp³-hybridized carbons (Fsp3) is 0.625. The number of hydrogen-bond donors (Lipinski definition) is 2.